The van der Waals surface area contributed by atoms with Crippen LogP contribution in [0.3, 0.4) is 0 Å². The van der Waals surface area contributed by atoms with Crippen molar-refractivity contribution in [3.05, 3.63) is 12.2 Å². The second kappa shape index (κ2) is 28.3. The van der Waals surface area contributed by atoms with Gasteiger partial charge in [0, 0.05) is 12.8 Å². The molecule has 36 heavy (non-hydrogen) atoms. The maximum Gasteiger partial charge on any atom is 0.306 e. The third kappa shape index (κ3) is 27.3. The molecule has 0 aliphatic heterocycles. The minimum absolute atomic E-state index is 0.162. The normalized spacial score (nSPS) is 12.2. The first-order chi connectivity index (χ1) is 17.6. The van der Waals surface area contributed by atoms with Gasteiger partial charge in [-0.3, -0.25) is 9.59 Å². The van der Waals surface area contributed by atoms with Crippen LogP contribution in [0.15, 0.2) is 12.2 Å². The smallest absolute Gasteiger partial charge is 0.306 e. The van der Waals surface area contributed by atoms with Gasteiger partial charge in [-0.1, -0.05) is 122 Å². The molecule has 0 fully saturated rings. The van der Waals surface area contributed by atoms with E-state index in [1.807, 2.05) is 0 Å². The molecule has 0 amide bonds. The molecular formula is C32H60O4. The van der Waals surface area contributed by atoms with E-state index >= 15 is 0 Å². The fourth-order valence-electron chi connectivity index (χ4n) is 4.34. The molecule has 4 nitrogen and oxygen atoms in total. The molecule has 1 atom stereocenters. The summed E-state index contributed by atoms with van der Waals surface area (Å²) in [6.45, 7) is 6.44. The molecule has 0 aliphatic carbocycles. The van der Waals surface area contributed by atoms with E-state index < -0.39 is 0 Å². The molecule has 0 spiro atoms. The first-order valence-electron chi connectivity index (χ1n) is 15.6. The van der Waals surface area contributed by atoms with Crippen LogP contribution in [0, 0.1) is 0 Å². The molecule has 0 saturated carbocycles. The predicted molar refractivity (Wildman–Crippen MR) is 153 cm³/mol. The highest BCUT2D eigenvalue weighted by molar-refractivity contribution is 5.70. The van der Waals surface area contributed by atoms with Crippen LogP contribution in [-0.2, 0) is 19.1 Å². The van der Waals surface area contributed by atoms with E-state index in [-0.39, 0.29) is 24.6 Å². The highest BCUT2D eigenvalue weighted by Crippen LogP contribution is 2.12. The number of hydrogen-bond acceptors (Lipinski definition) is 4. The molecule has 0 unspecified atom stereocenters. The van der Waals surface area contributed by atoms with Gasteiger partial charge in [0.2, 0.25) is 0 Å². The SMILES string of the molecule is CCCCCC/C=C\CCCCCCCCCC(=O)O[C@@H](C)COC(=O)CCCCCCCCCC. The minimum Gasteiger partial charge on any atom is -0.462 e. The summed E-state index contributed by atoms with van der Waals surface area (Å²) in [5, 5.41) is 0. The third-order valence-corrected chi connectivity index (χ3v) is 6.69. The number of allylic oxidation sites excluding steroid dienone is 2. The molecule has 0 radical (unpaired) electrons. The Hall–Kier alpha value is -1.32. The van der Waals surface area contributed by atoms with E-state index in [9.17, 15) is 9.59 Å². The lowest BCUT2D eigenvalue weighted by Gasteiger charge is -2.13. The molecule has 4 heteroatoms. The zero-order valence-electron chi connectivity index (χ0n) is 24.3. The molecule has 0 N–H and O–H groups in total. The molecule has 0 aromatic rings. The van der Waals surface area contributed by atoms with E-state index in [1.165, 1.54) is 109 Å². The highest BCUT2D eigenvalue weighted by Gasteiger charge is 2.12. The van der Waals surface area contributed by atoms with Gasteiger partial charge in [-0.15, -0.1) is 0 Å². The average Bonchev–Trinajstić information content (AvgIpc) is 2.86. The van der Waals surface area contributed by atoms with E-state index in [0.29, 0.717) is 12.8 Å². The standard InChI is InChI=1S/C32H60O4/c1-4-6-8-10-12-14-15-16-17-18-19-20-22-24-26-28-32(34)36-30(3)29-35-31(33)27-25-23-21-13-11-9-7-5-2/h14-15,30H,4-13,16-29H2,1-3H3/b15-14-/t30-/m0/s1. The number of hydrogen-bond donors (Lipinski definition) is 0. The summed E-state index contributed by atoms with van der Waals surface area (Å²) < 4.78 is 10.7. The van der Waals surface area contributed by atoms with E-state index in [1.54, 1.807) is 6.92 Å². The summed E-state index contributed by atoms with van der Waals surface area (Å²) in [6, 6.07) is 0. The Kier molecular flexibility index (Phi) is 27.2. The van der Waals surface area contributed by atoms with Crippen molar-refractivity contribution in [1.82, 2.24) is 0 Å². The summed E-state index contributed by atoms with van der Waals surface area (Å²) >= 11 is 0. The lowest BCUT2D eigenvalue weighted by Crippen LogP contribution is -2.22. The van der Waals surface area contributed by atoms with Gasteiger partial charge in [-0.05, 0) is 45.4 Å². The fraction of sp³-hybridized carbons (Fsp3) is 0.875. The summed E-state index contributed by atoms with van der Waals surface area (Å²) in [4.78, 5) is 23.9. The molecule has 0 saturated heterocycles. The van der Waals surface area contributed by atoms with Gasteiger partial charge in [0.1, 0.15) is 12.7 Å². The van der Waals surface area contributed by atoms with Crippen molar-refractivity contribution in [2.24, 2.45) is 0 Å². The molecule has 0 aliphatic rings. The van der Waals surface area contributed by atoms with E-state index in [0.717, 1.165) is 25.7 Å². The van der Waals surface area contributed by atoms with Crippen LogP contribution in [0.5, 0.6) is 0 Å². The number of carbonyl (C=O) groups is 2. The second-order valence-corrected chi connectivity index (χ2v) is 10.5. The van der Waals surface area contributed by atoms with Crippen LogP contribution in [0.4, 0.5) is 0 Å². The van der Waals surface area contributed by atoms with Crippen molar-refractivity contribution < 1.29 is 19.1 Å². The predicted octanol–water partition coefficient (Wildman–Crippen LogP) is 10.0. The van der Waals surface area contributed by atoms with Gasteiger partial charge < -0.3 is 9.47 Å². The van der Waals surface area contributed by atoms with Crippen molar-refractivity contribution in [3.8, 4) is 0 Å². The number of rotatable bonds is 27. The summed E-state index contributed by atoms with van der Waals surface area (Å²) in [5.74, 6) is -0.356. The number of ether oxygens (including phenoxy) is 2. The van der Waals surface area contributed by atoms with Crippen molar-refractivity contribution in [2.75, 3.05) is 6.61 Å². The lowest BCUT2D eigenvalue weighted by molar-refractivity contribution is -0.158. The van der Waals surface area contributed by atoms with Gasteiger partial charge >= 0.3 is 11.9 Å². The molecule has 0 heterocycles. The number of carbonyl (C=O) groups excluding carboxylic acids is 2. The van der Waals surface area contributed by atoms with Crippen molar-refractivity contribution >= 4 is 11.9 Å². The zero-order chi connectivity index (χ0) is 26.5. The quantitative estimate of drug-likeness (QED) is 0.0629. The zero-order valence-corrected chi connectivity index (χ0v) is 24.3. The first-order valence-corrected chi connectivity index (χ1v) is 15.6. The Morgan fingerprint density at radius 3 is 1.44 bits per heavy atom. The number of unbranched alkanes of at least 4 members (excludes halogenated alkanes) is 18. The van der Waals surface area contributed by atoms with Crippen LogP contribution in [0.25, 0.3) is 0 Å². The van der Waals surface area contributed by atoms with Crippen molar-refractivity contribution in [2.45, 2.75) is 175 Å². The fourth-order valence-corrected chi connectivity index (χ4v) is 4.34. The Morgan fingerprint density at radius 2 is 0.944 bits per heavy atom. The van der Waals surface area contributed by atoms with Crippen LogP contribution >= 0.6 is 0 Å². The van der Waals surface area contributed by atoms with Crippen molar-refractivity contribution in [3.63, 3.8) is 0 Å². The summed E-state index contributed by atoms with van der Waals surface area (Å²) in [6.07, 6.45) is 31.0. The molecule has 0 aromatic heterocycles. The van der Waals surface area contributed by atoms with Gasteiger partial charge in [-0.25, -0.2) is 0 Å². The third-order valence-electron chi connectivity index (χ3n) is 6.69. The topological polar surface area (TPSA) is 52.6 Å². The Labute approximate surface area is 224 Å². The maximum absolute atomic E-state index is 12.0. The van der Waals surface area contributed by atoms with Gasteiger partial charge in [0.05, 0.1) is 0 Å². The summed E-state index contributed by atoms with van der Waals surface area (Å²) in [7, 11) is 0. The van der Waals surface area contributed by atoms with Crippen LogP contribution in [0.2, 0.25) is 0 Å². The van der Waals surface area contributed by atoms with E-state index in [2.05, 4.69) is 26.0 Å². The van der Waals surface area contributed by atoms with E-state index in [4.69, 9.17) is 9.47 Å². The van der Waals surface area contributed by atoms with Gasteiger partial charge in [0.25, 0.3) is 0 Å². The lowest BCUT2D eigenvalue weighted by atomic mass is 10.1. The van der Waals surface area contributed by atoms with Crippen LogP contribution < -0.4 is 0 Å². The number of esters is 2. The maximum atomic E-state index is 12.0. The Bertz CT molecular complexity index is 514. The van der Waals surface area contributed by atoms with Crippen molar-refractivity contribution in [1.29, 1.82) is 0 Å². The minimum atomic E-state index is -0.370. The monoisotopic (exact) mass is 508 g/mol. The molecule has 212 valence electrons. The second-order valence-electron chi connectivity index (χ2n) is 10.5. The molecule has 0 rings (SSSR count). The average molecular weight is 509 g/mol. The summed E-state index contributed by atoms with van der Waals surface area (Å²) in [5.41, 5.74) is 0. The first kappa shape index (κ1) is 34.7. The highest BCUT2D eigenvalue weighted by atomic mass is 16.6. The van der Waals surface area contributed by atoms with Gasteiger partial charge in [-0.2, -0.15) is 0 Å². The molecular weight excluding hydrogens is 448 g/mol. The molecule has 0 aromatic carbocycles. The van der Waals surface area contributed by atoms with Gasteiger partial charge in [0.15, 0.2) is 0 Å². The Morgan fingerprint density at radius 1 is 0.556 bits per heavy atom. The van der Waals surface area contributed by atoms with Crippen LogP contribution in [-0.4, -0.2) is 24.6 Å². The Balaban J connectivity index is 3.45. The largest absolute Gasteiger partial charge is 0.462 e. The van der Waals surface area contributed by atoms with Crippen LogP contribution in [0.1, 0.15) is 168 Å². The molecule has 0 bridgehead atoms.